The summed E-state index contributed by atoms with van der Waals surface area (Å²) in [5, 5.41) is 3.95. The van der Waals surface area contributed by atoms with Crippen molar-refractivity contribution in [1.29, 1.82) is 0 Å². The smallest absolute Gasteiger partial charge is 0.276 e. The quantitative estimate of drug-likeness (QED) is 0.653. The Morgan fingerprint density at radius 2 is 1.83 bits per heavy atom. The van der Waals surface area contributed by atoms with Crippen molar-refractivity contribution < 1.29 is 18.8 Å². The summed E-state index contributed by atoms with van der Waals surface area (Å²) in [6, 6.07) is 9.17. The molecule has 0 bridgehead atoms. The number of thioether (sulfide) groups is 1. The Balaban J connectivity index is 1.27. The lowest BCUT2D eigenvalue weighted by molar-refractivity contribution is 0.0621. The molecule has 1 aromatic heterocycles. The molecule has 0 radical (unpaired) electrons. The SMILES string of the molecule is CC(=O)c1ccc(OCc2cc(C(=O)N3CCC(N4CCSCC4)CC3)no2)cc1. The maximum atomic E-state index is 12.8. The average Bonchev–Trinajstić information content (AvgIpc) is 3.27. The van der Waals surface area contributed by atoms with Gasteiger partial charge in [-0.1, -0.05) is 5.16 Å². The largest absolute Gasteiger partial charge is 0.486 e. The van der Waals surface area contributed by atoms with Gasteiger partial charge >= 0.3 is 0 Å². The van der Waals surface area contributed by atoms with Crippen molar-refractivity contribution >= 4 is 23.5 Å². The van der Waals surface area contributed by atoms with Crippen LogP contribution in [-0.4, -0.2) is 70.4 Å². The fraction of sp³-hybridized carbons (Fsp3) is 0.500. The number of ketones is 1. The van der Waals surface area contributed by atoms with E-state index in [2.05, 4.69) is 10.1 Å². The van der Waals surface area contributed by atoms with Gasteiger partial charge in [-0.2, -0.15) is 11.8 Å². The molecule has 0 spiro atoms. The molecule has 2 aliphatic rings. The van der Waals surface area contributed by atoms with Gasteiger partial charge in [-0.15, -0.1) is 0 Å². The summed E-state index contributed by atoms with van der Waals surface area (Å²) in [7, 11) is 0. The molecule has 2 saturated heterocycles. The van der Waals surface area contributed by atoms with Crippen molar-refractivity contribution in [2.24, 2.45) is 0 Å². The molecule has 4 rings (SSSR count). The van der Waals surface area contributed by atoms with Crippen LogP contribution in [0.3, 0.4) is 0 Å². The number of amides is 1. The highest BCUT2D eigenvalue weighted by Crippen LogP contribution is 2.22. The van der Waals surface area contributed by atoms with Crippen molar-refractivity contribution in [2.75, 3.05) is 37.7 Å². The van der Waals surface area contributed by atoms with Crippen LogP contribution in [0.2, 0.25) is 0 Å². The van der Waals surface area contributed by atoms with E-state index in [1.165, 1.54) is 18.4 Å². The van der Waals surface area contributed by atoms with Crippen molar-refractivity contribution in [3.8, 4) is 5.75 Å². The molecule has 0 saturated carbocycles. The van der Waals surface area contributed by atoms with Crippen LogP contribution in [0.25, 0.3) is 0 Å². The minimum atomic E-state index is -0.0801. The van der Waals surface area contributed by atoms with Gasteiger partial charge in [-0.3, -0.25) is 14.5 Å². The summed E-state index contributed by atoms with van der Waals surface area (Å²) in [5.74, 6) is 3.48. The van der Waals surface area contributed by atoms with E-state index in [1.54, 1.807) is 30.3 Å². The molecular weight excluding hydrogens is 402 g/mol. The number of aromatic nitrogens is 1. The van der Waals surface area contributed by atoms with Gasteiger partial charge in [0.2, 0.25) is 0 Å². The molecule has 3 heterocycles. The maximum Gasteiger partial charge on any atom is 0.276 e. The van der Waals surface area contributed by atoms with E-state index in [0.29, 0.717) is 28.8 Å². The highest BCUT2D eigenvalue weighted by Gasteiger charge is 2.29. The van der Waals surface area contributed by atoms with Gasteiger partial charge in [0.15, 0.2) is 17.2 Å². The summed E-state index contributed by atoms with van der Waals surface area (Å²) in [6.07, 6.45) is 2.03. The van der Waals surface area contributed by atoms with Crippen molar-refractivity contribution in [3.63, 3.8) is 0 Å². The van der Waals surface area contributed by atoms with E-state index in [4.69, 9.17) is 9.26 Å². The number of piperidine rings is 1. The summed E-state index contributed by atoms with van der Waals surface area (Å²) in [6.45, 7) is 5.54. The van der Waals surface area contributed by atoms with Gasteiger partial charge in [0.25, 0.3) is 5.91 Å². The second kappa shape index (κ2) is 9.66. The Morgan fingerprint density at radius 3 is 2.50 bits per heavy atom. The fourth-order valence-corrected chi connectivity index (χ4v) is 4.89. The monoisotopic (exact) mass is 429 g/mol. The van der Waals surface area contributed by atoms with Gasteiger partial charge in [-0.05, 0) is 44.0 Å². The van der Waals surface area contributed by atoms with Gasteiger partial charge in [0.05, 0.1) is 0 Å². The molecular formula is C22H27N3O4S. The Bertz CT molecular complexity index is 869. The third-order valence-corrected chi connectivity index (χ3v) is 6.68. The summed E-state index contributed by atoms with van der Waals surface area (Å²) < 4.78 is 11.0. The molecule has 160 valence electrons. The number of ether oxygens (including phenoxy) is 1. The zero-order valence-corrected chi connectivity index (χ0v) is 18.0. The third kappa shape index (κ3) is 5.05. The van der Waals surface area contributed by atoms with Crippen molar-refractivity contribution in [1.82, 2.24) is 15.0 Å². The van der Waals surface area contributed by atoms with Crippen LogP contribution in [0.5, 0.6) is 5.75 Å². The first-order valence-electron chi connectivity index (χ1n) is 10.4. The zero-order chi connectivity index (χ0) is 20.9. The Morgan fingerprint density at radius 1 is 1.13 bits per heavy atom. The second-order valence-corrected chi connectivity index (χ2v) is 8.94. The first-order valence-corrected chi connectivity index (χ1v) is 11.6. The van der Waals surface area contributed by atoms with Crippen molar-refractivity contribution in [3.05, 3.63) is 47.3 Å². The third-order valence-electron chi connectivity index (χ3n) is 5.73. The minimum absolute atomic E-state index is 0.0129. The standard InChI is InChI=1S/C22H27N3O4S/c1-16(26)17-2-4-19(5-3-17)28-15-20-14-21(23-29-20)22(27)25-8-6-18(7-9-25)24-10-12-30-13-11-24/h2-5,14,18H,6-13,15H2,1H3. The van der Waals surface area contributed by atoms with E-state index in [1.807, 2.05) is 16.7 Å². The van der Waals surface area contributed by atoms with Gasteiger partial charge in [0, 0.05) is 55.4 Å². The first-order chi connectivity index (χ1) is 14.6. The zero-order valence-electron chi connectivity index (χ0n) is 17.2. The number of likely N-dealkylation sites (tertiary alicyclic amines) is 1. The van der Waals surface area contributed by atoms with Crippen LogP contribution in [0.15, 0.2) is 34.9 Å². The molecule has 1 aromatic carbocycles. The summed E-state index contributed by atoms with van der Waals surface area (Å²) >= 11 is 2.02. The molecule has 2 aromatic rings. The number of hydrogen-bond donors (Lipinski definition) is 0. The number of Topliss-reactive ketones (excluding diaryl/α,β-unsaturated/α-hetero) is 1. The normalized spacial score (nSPS) is 18.4. The van der Waals surface area contributed by atoms with Crippen molar-refractivity contribution in [2.45, 2.75) is 32.4 Å². The molecule has 0 unspecified atom stereocenters. The number of carbonyl (C=O) groups excluding carboxylic acids is 2. The molecule has 0 atom stereocenters. The molecule has 0 N–H and O–H groups in total. The fourth-order valence-electron chi connectivity index (χ4n) is 3.96. The Labute approximate surface area is 180 Å². The molecule has 7 nitrogen and oxygen atoms in total. The van der Waals surface area contributed by atoms with E-state index in [-0.39, 0.29) is 18.3 Å². The lowest BCUT2D eigenvalue weighted by Gasteiger charge is -2.39. The predicted molar refractivity (Wildman–Crippen MR) is 115 cm³/mol. The molecule has 1 amide bonds. The van der Waals surface area contributed by atoms with Crippen LogP contribution >= 0.6 is 11.8 Å². The minimum Gasteiger partial charge on any atom is -0.486 e. The van der Waals surface area contributed by atoms with Gasteiger partial charge in [-0.25, -0.2) is 0 Å². The van der Waals surface area contributed by atoms with E-state index in [0.717, 1.165) is 39.0 Å². The Hall–Kier alpha value is -2.32. The molecule has 2 fully saturated rings. The number of benzene rings is 1. The van der Waals surface area contributed by atoms with Gasteiger partial charge < -0.3 is 14.2 Å². The Kier molecular flexibility index (Phi) is 6.74. The van der Waals surface area contributed by atoms with E-state index >= 15 is 0 Å². The molecule has 2 aliphatic heterocycles. The second-order valence-electron chi connectivity index (χ2n) is 7.72. The number of rotatable bonds is 6. The molecule has 0 aliphatic carbocycles. The highest BCUT2D eigenvalue weighted by molar-refractivity contribution is 7.99. The first kappa shape index (κ1) is 20.9. The van der Waals surface area contributed by atoms with Gasteiger partial charge in [0.1, 0.15) is 12.4 Å². The van der Waals surface area contributed by atoms with E-state index in [9.17, 15) is 9.59 Å². The highest BCUT2D eigenvalue weighted by atomic mass is 32.2. The lowest BCUT2D eigenvalue weighted by atomic mass is 10.0. The number of nitrogens with zero attached hydrogens (tertiary/aromatic N) is 3. The average molecular weight is 430 g/mol. The predicted octanol–water partition coefficient (Wildman–Crippen LogP) is 3.11. The topological polar surface area (TPSA) is 75.9 Å². The molecule has 30 heavy (non-hydrogen) atoms. The van der Waals surface area contributed by atoms with Crippen LogP contribution < -0.4 is 4.74 Å². The number of carbonyl (C=O) groups is 2. The number of hydrogen-bond acceptors (Lipinski definition) is 7. The van der Waals surface area contributed by atoms with Crippen LogP contribution in [0, 0.1) is 0 Å². The lowest BCUT2D eigenvalue weighted by Crippen LogP contribution is -2.49. The summed E-state index contributed by atoms with van der Waals surface area (Å²) in [4.78, 5) is 28.6. The maximum absolute atomic E-state index is 12.8. The van der Waals surface area contributed by atoms with Crippen LogP contribution in [0.1, 0.15) is 46.4 Å². The van der Waals surface area contributed by atoms with Crippen LogP contribution in [-0.2, 0) is 6.61 Å². The molecule has 8 heteroatoms. The summed E-state index contributed by atoms with van der Waals surface area (Å²) in [5.41, 5.74) is 0.964. The van der Waals surface area contributed by atoms with E-state index < -0.39 is 0 Å². The van der Waals surface area contributed by atoms with Crippen LogP contribution in [0.4, 0.5) is 0 Å².